The van der Waals surface area contributed by atoms with Crippen molar-refractivity contribution in [3.63, 3.8) is 0 Å². The van der Waals surface area contributed by atoms with Gasteiger partial charge in [0.1, 0.15) is 5.82 Å². The van der Waals surface area contributed by atoms with Crippen LogP contribution in [0.2, 0.25) is 0 Å². The molecule has 2 N–H and O–H groups in total. The van der Waals surface area contributed by atoms with Crippen LogP contribution in [0.3, 0.4) is 0 Å². The lowest BCUT2D eigenvalue weighted by Gasteiger charge is -2.24. The molecule has 0 aliphatic heterocycles. The number of nitrogens with two attached hydrogens (primary N) is 1. The molecule has 0 aliphatic carbocycles. The number of hydrogen-bond donors (Lipinski definition) is 1. The second kappa shape index (κ2) is 5.85. The summed E-state index contributed by atoms with van der Waals surface area (Å²) in [5.74, 6) is -0.212. The van der Waals surface area contributed by atoms with Crippen LogP contribution in [0.4, 0.5) is 10.1 Å². The molecule has 0 unspecified atom stereocenters. The summed E-state index contributed by atoms with van der Waals surface area (Å²) in [5, 5.41) is 0. The first-order valence-electron chi connectivity index (χ1n) is 5.83. The van der Waals surface area contributed by atoms with Crippen LogP contribution in [0, 0.1) is 5.82 Å². The summed E-state index contributed by atoms with van der Waals surface area (Å²) in [4.78, 5) is 2.07. The molecule has 0 aliphatic rings. The molecule has 90 valence electrons. The maximum absolute atomic E-state index is 13.7. The van der Waals surface area contributed by atoms with Crippen molar-refractivity contribution in [1.29, 1.82) is 0 Å². The van der Waals surface area contributed by atoms with E-state index >= 15 is 0 Å². The molecule has 0 bridgehead atoms. The third kappa shape index (κ3) is 2.95. The van der Waals surface area contributed by atoms with Gasteiger partial charge in [0.05, 0.1) is 0 Å². The molecule has 2 nitrogen and oxygen atoms in total. The van der Waals surface area contributed by atoms with E-state index in [-0.39, 0.29) is 11.9 Å². The third-order valence-corrected chi connectivity index (χ3v) is 2.74. The van der Waals surface area contributed by atoms with E-state index < -0.39 is 0 Å². The van der Waals surface area contributed by atoms with Crippen LogP contribution in [0.1, 0.15) is 38.3 Å². The van der Waals surface area contributed by atoms with Crippen LogP contribution in [-0.4, -0.2) is 13.6 Å². The normalized spacial score (nSPS) is 12.6. The lowest BCUT2D eigenvalue weighted by atomic mass is 10.0. The van der Waals surface area contributed by atoms with Gasteiger partial charge in [-0.15, -0.1) is 0 Å². The highest BCUT2D eigenvalue weighted by atomic mass is 19.1. The molecule has 3 heteroatoms. The second-order valence-corrected chi connectivity index (χ2v) is 4.24. The summed E-state index contributed by atoms with van der Waals surface area (Å²) >= 11 is 0. The van der Waals surface area contributed by atoms with Gasteiger partial charge in [-0.1, -0.05) is 19.4 Å². The zero-order valence-electron chi connectivity index (χ0n) is 10.3. The van der Waals surface area contributed by atoms with Gasteiger partial charge in [0.2, 0.25) is 0 Å². The molecular formula is C13H21FN2. The van der Waals surface area contributed by atoms with Crippen LogP contribution >= 0.6 is 0 Å². The summed E-state index contributed by atoms with van der Waals surface area (Å²) in [5.41, 5.74) is 7.33. The fraction of sp³-hybridized carbons (Fsp3) is 0.538. The van der Waals surface area contributed by atoms with Crippen molar-refractivity contribution in [2.75, 3.05) is 18.5 Å². The van der Waals surface area contributed by atoms with Crippen LogP contribution in [0.15, 0.2) is 18.2 Å². The maximum atomic E-state index is 13.7. The van der Waals surface area contributed by atoms with Crippen molar-refractivity contribution in [1.82, 2.24) is 0 Å². The highest BCUT2D eigenvalue weighted by Gasteiger charge is 2.14. The quantitative estimate of drug-likeness (QED) is 0.832. The van der Waals surface area contributed by atoms with Gasteiger partial charge in [-0.25, -0.2) is 4.39 Å². The van der Waals surface area contributed by atoms with E-state index in [9.17, 15) is 4.39 Å². The van der Waals surface area contributed by atoms with Gasteiger partial charge in [-0.2, -0.15) is 0 Å². The highest BCUT2D eigenvalue weighted by molar-refractivity contribution is 5.54. The van der Waals surface area contributed by atoms with Gasteiger partial charge in [-0.3, -0.25) is 0 Å². The topological polar surface area (TPSA) is 29.3 Å². The fourth-order valence-corrected chi connectivity index (χ4v) is 1.83. The number of benzene rings is 1. The number of nitrogens with zero attached hydrogens (tertiary/aromatic N) is 1. The van der Waals surface area contributed by atoms with Gasteiger partial charge < -0.3 is 10.6 Å². The van der Waals surface area contributed by atoms with E-state index in [4.69, 9.17) is 5.73 Å². The van der Waals surface area contributed by atoms with Crippen molar-refractivity contribution < 1.29 is 4.39 Å². The van der Waals surface area contributed by atoms with Gasteiger partial charge in [0.25, 0.3) is 0 Å². The molecule has 0 radical (unpaired) electrons. The molecule has 1 atom stereocenters. The van der Waals surface area contributed by atoms with Crippen molar-refractivity contribution in [3.8, 4) is 0 Å². The predicted molar refractivity (Wildman–Crippen MR) is 67.2 cm³/mol. The minimum absolute atomic E-state index is 0.212. The van der Waals surface area contributed by atoms with E-state index in [0.717, 1.165) is 25.1 Å². The Morgan fingerprint density at radius 3 is 2.69 bits per heavy atom. The van der Waals surface area contributed by atoms with Crippen molar-refractivity contribution in [2.24, 2.45) is 5.73 Å². The summed E-state index contributed by atoms with van der Waals surface area (Å²) in [6.07, 6.45) is 2.23. The Hall–Kier alpha value is -1.09. The van der Waals surface area contributed by atoms with Gasteiger partial charge >= 0.3 is 0 Å². The van der Waals surface area contributed by atoms with E-state index in [0.29, 0.717) is 5.56 Å². The molecule has 0 saturated heterocycles. The summed E-state index contributed by atoms with van der Waals surface area (Å²) < 4.78 is 13.7. The van der Waals surface area contributed by atoms with Crippen LogP contribution < -0.4 is 10.6 Å². The molecule has 0 fully saturated rings. The molecule has 1 rings (SSSR count). The lowest BCUT2D eigenvalue weighted by molar-refractivity contribution is 0.592. The average molecular weight is 224 g/mol. The summed E-state index contributed by atoms with van der Waals surface area (Å²) in [6, 6.07) is 4.85. The molecule has 0 saturated carbocycles. The van der Waals surface area contributed by atoms with Gasteiger partial charge in [-0.05, 0) is 25.5 Å². The Bertz CT molecular complexity index is 337. The fourth-order valence-electron chi connectivity index (χ4n) is 1.83. The highest BCUT2D eigenvalue weighted by Crippen LogP contribution is 2.27. The standard InChI is InChI=1S/C13H21FN2/c1-4-5-9-16(3)12-8-6-7-11(14)13(12)10(2)15/h6-8,10H,4-5,9,15H2,1-3H3/t10-/m1/s1. The van der Waals surface area contributed by atoms with E-state index in [2.05, 4.69) is 11.8 Å². The van der Waals surface area contributed by atoms with Crippen molar-refractivity contribution in [3.05, 3.63) is 29.6 Å². The Morgan fingerprint density at radius 2 is 2.12 bits per heavy atom. The minimum atomic E-state index is -0.278. The molecule has 16 heavy (non-hydrogen) atoms. The molecular weight excluding hydrogens is 203 g/mol. The van der Waals surface area contributed by atoms with Crippen LogP contribution in [0.25, 0.3) is 0 Å². The molecule has 1 aromatic rings. The Labute approximate surface area is 97.3 Å². The first kappa shape index (κ1) is 13.0. The monoisotopic (exact) mass is 224 g/mol. The summed E-state index contributed by atoms with van der Waals surface area (Å²) in [7, 11) is 1.98. The molecule has 0 heterocycles. The largest absolute Gasteiger partial charge is 0.374 e. The molecule has 0 spiro atoms. The van der Waals surface area contributed by atoms with Crippen molar-refractivity contribution in [2.45, 2.75) is 32.7 Å². The number of hydrogen-bond acceptors (Lipinski definition) is 2. The second-order valence-electron chi connectivity index (χ2n) is 4.24. The Morgan fingerprint density at radius 1 is 1.44 bits per heavy atom. The predicted octanol–water partition coefficient (Wildman–Crippen LogP) is 3.08. The first-order chi connectivity index (χ1) is 7.57. The first-order valence-corrected chi connectivity index (χ1v) is 5.83. The smallest absolute Gasteiger partial charge is 0.130 e. The molecule has 0 aromatic heterocycles. The number of anilines is 1. The van der Waals surface area contributed by atoms with Crippen LogP contribution in [-0.2, 0) is 0 Å². The summed E-state index contributed by atoms with van der Waals surface area (Å²) in [6.45, 7) is 4.89. The van der Waals surface area contributed by atoms with E-state index in [1.165, 1.54) is 6.07 Å². The SMILES string of the molecule is CCCCN(C)c1cccc(F)c1[C@@H](C)N. The van der Waals surface area contributed by atoms with Gasteiger partial charge in [0, 0.05) is 30.9 Å². The number of unbranched alkanes of at least 4 members (excludes halogenated alkanes) is 1. The average Bonchev–Trinajstić information content (AvgIpc) is 2.24. The number of halogens is 1. The maximum Gasteiger partial charge on any atom is 0.130 e. The Balaban J connectivity index is 2.98. The van der Waals surface area contributed by atoms with E-state index in [1.807, 2.05) is 20.0 Å². The third-order valence-electron chi connectivity index (χ3n) is 2.74. The zero-order chi connectivity index (χ0) is 12.1. The van der Waals surface area contributed by atoms with E-state index in [1.54, 1.807) is 6.07 Å². The van der Waals surface area contributed by atoms with Gasteiger partial charge in [0.15, 0.2) is 0 Å². The lowest BCUT2D eigenvalue weighted by Crippen LogP contribution is -2.22. The minimum Gasteiger partial charge on any atom is -0.374 e. The molecule has 1 aromatic carbocycles. The van der Waals surface area contributed by atoms with Crippen LogP contribution in [0.5, 0.6) is 0 Å². The molecule has 0 amide bonds. The number of rotatable bonds is 5. The zero-order valence-corrected chi connectivity index (χ0v) is 10.3. The Kier molecular flexibility index (Phi) is 4.74. The van der Waals surface area contributed by atoms with Crippen molar-refractivity contribution >= 4 is 5.69 Å².